The van der Waals surface area contributed by atoms with Crippen LogP contribution in [-0.4, -0.2) is 186 Å². The van der Waals surface area contributed by atoms with Gasteiger partial charge in [-0.15, -0.1) is 0 Å². The van der Waals surface area contributed by atoms with Gasteiger partial charge < -0.3 is 18.9 Å². The van der Waals surface area contributed by atoms with Gasteiger partial charge in [-0.2, -0.15) is 228 Å². The fourth-order valence-corrected chi connectivity index (χ4v) is 7.91. The maximum atomic E-state index is 14.1. The van der Waals surface area contributed by atoms with Crippen molar-refractivity contribution in [2.45, 2.75) is 208 Å². The Morgan fingerprint density at radius 1 is 0.274 bits per heavy atom. The quantitative estimate of drug-likeness (QED) is 0.0214. The Balaban J connectivity index is 0.00000113. The lowest BCUT2D eigenvalue weighted by molar-refractivity contribution is -0.440. The van der Waals surface area contributed by atoms with Crippen LogP contribution in [0, 0.1) is 10.1 Å². The molecule has 0 aliphatic heterocycles. The minimum absolute atomic E-state index is 0.0267. The molecular formula is C52H35F52NO8. The zero-order valence-corrected chi connectivity index (χ0v) is 53.2. The number of hydrogen-bond donors (Lipinski definition) is 0. The Morgan fingerprint density at radius 2 is 0.469 bits per heavy atom. The Bertz CT molecular complexity index is 3490. The van der Waals surface area contributed by atoms with Gasteiger partial charge in [0.15, 0.2) is 34.6 Å². The molecule has 2 aromatic carbocycles. The number of hydrogen-bond acceptors (Lipinski definition) is 8. The number of halogens is 52. The van der Waals surface area contributed by atoms with E-state index in [0.717, 1.165) is 13.0 Å². The third kappa shape index (κ3) is 18.3. The molecule has 2 rings (SSSR count). The number of ether oxygens (including phenoxy) is 4. The van der Waals surface area contributed by atoms with E-state index >= 15 is 0 Å². The molecule has 0 bridgehead atoms. The summed E-state index contributed by atoms with van der Waals surface area (Å²) in [6.45, 7) is -5.06. The molecule has 0 amide bonds. The molecule has 0 fully saturated rings. The minimum Gasteiger partial charge on any atom is -0.490 e. The number of carbonyl (C=O) groups is 2. The van der Waals surface area contributed by atoms with E-state index in [1.807, 2.05) is 0 Å². The molecule has 2 aromatic rings. The van der Waals surface area contributed by atoms with Gasteiger partial charge >= 0.3 is 143 Å². The van der Waals surface area contributed by atoms with E-state index in [1.54, 1.807) is 0 Å². The molecule has 0 aliphatic rings. The van der Waals surface area contributed by atoms with Gasteiger partial charge in [0.05, 0.1) is 43.0 Å². The predicted octanol–water partition coefficient (Wildman–Crippen LogP) is 23.3. The van der Waals surface area contributed by atoms with E-state index < -0.39 is 277 Å². The second-order valence-corrected chi connectivity index (χ2v) is 22.7. The van der Waals surface area contributed by atoms with E-state index in [4.69, 9.17) is 9.47 Å². The van der Waals surface area contributed by atoms with Crippen LogP contribution in [0.4, 0.5) is 234 Å². The fourth-order valence-electron chi connectivity index (χ4n) is 7.91. The molecule has 113 heavy (non-hydrogen) atoms. The van der Waals surface area contributed by atoms with Crippen molar-refractivity contribution in [3.05, 3.63) is 51.6 Å². The number of carbonyl (C=O) groups excluding carboxylic acids is 2. The first-order chi connectivity index (χ1) is 49.3. The summed E-state index contributed by atoms with van der Waals surface area (Å²) >= 11 is 0. The van der Waals surface area contributed by atoms with Crippen molar-refractivity contribution in [1.29, 1.82) is 0 Å². The van der Waals surface area contributed by atoms with Gasteiger partial charge in [0.1, 0.15) is 0 Å². The number of benzene rings is 2. The Kier molecular flexibility index (Phi) is 29.4. The number of nitrogens with zero attached hydrogens (tertiary/aromatic N) is 1. The highest BCUT2D eigenvalue weighted by Gasteiger charge is 2.95. The molecule has 0 saturated heterocycles. The summed E-state index contributed by atoms with van der Waals surface area (Å²) in [5.41, 5.74) is -2.96. The van der Waals surface area contributed by atoms with Crippen LogP contribution in [0.5, 0.6) is 23.0 Å². The predicted molar refractivity (Wildman–Crippen MR) is 262 cm³/mol. The molecule has 0 spiro atoms. The van der Waals surface area contributed by atoms with E-state index in [1.165, 1.54) is 0 Å². The summed E-state index contributed by atoms with van der Waals surface area (Å²) in [6, 6.07) is 2.01. The number of ketones is 2. The van der Waals surface area contributed by atoms with E-state index in [2.05, 4.69) is 9.47 Å². The lowest BCUT2D eigenvalue weighted by Gasteiger charge is -2.39. The molecule has 61 heteroatoms. The Labute approximate surface area is 588 Å². The molecule has 0 aromatic heterocycles. The lowest BCUT2D eigenvalue weighted by atomic mass is 9.92. The molecule has 9 nitrogen and oxygen atoms in total. The van der Waals surface area contributed by atoms with Crippen LogP contribution in [0.1, 0.15) is 85.9 Å². The molecule has 0 saturated carbocycles. The van der Waals surface area contributed by atoms with Crippen molar-refractivity contribution >= 4 is 17.3 Å². The average molecular weight is 1790 g/mol. The summed E-state index contributed by atoms with van der Waals surface area (Å²) in [5.74, 6) is -161. The Morgan fingerprint density at radius 3 is 0.664 bits per heavy atom. The zero-order chi connectivity index (χ0) is 90.6. The summed E-state index contributed by atoms with van der Waals surface area (Å²) < 4.78 is 709. The Hall–Kier alpha value is -7.26. The summed E-state index contributed by atoms with van der Waals surface area (Å²) in [6.07, 6.45) is -49.3. The zero-order valence-electron chi connectivity index (χ0n) is 53.2. The van der Waals surface area contributed by atoms with E-state index in [-0.39, 0.29) is 12.1 Å². The molecule has 0 aliphatic carbocycles. The summed E-state index contributed by atoms with van der Waals surface area (Å²) in [5, 5.41) is 11.3. The van der Waals surface area contributed by atoms with Crippen LogP contribution in [0.2, 0.25) is 0 Å². The molecule has 0 unspecified atom stereocenters. The summed E-state index contributed by atoms with van der Waals surface area (Å²) in [7, 11) is 0. The van der Waals surface area contributed by atoms with Gasteiger partial charge in [0.2, 0.25) is 0 Å². The average Bonchev–Trinajstić information content (AvgIpc) is 0.728. The van der Waals surface area contributed by atoms with Crippen molar-refractivity contribution in [2.24, 2.45) is 0 Å². The molecule has 0 heterocycles. The van der Waals surface area contributed by atoms with Crippen LogP contribution >= 0.6 is 0 Å². The van der Waals surface area contributed by atoms with Crippen LogP contribution < -0.4 is 18.9 Å². The van der Waals surface area contributed by atoms with Crippen LogP contribution in [-0.2, 0) is 0 Å². The third-order valence-electron chi connectivity index (χ3n) is 14.6. The summed E-state index contributed by atoms with van der Waals surface area (Å²) in [4.78, 5) is 33.3. The maximum Gasteiger partial charge on any atom is 0.460 e. The number of rotatable bonds is 39. The number of Topliss-reactive ketones (excluding diaryl/α,β-unsaturated/α-hetero) is 2. The topological polar surface area (TPSA) is 114 Å². The van der Waals surface area contributed by atoms with Crippen LogP contribution in [0.3, 0.4) is 0 Å². The van der Waals surface area contributed by atoms with Gasteiger partial charge in [-0.3, -0.25) is 19.7 Å². The second kappa shape index (κ2) is 32.0. The number of nitro benzene ring substituents is 1. The van der Waals surface area contributed by atoms with Crippen LogP contribution in [0.15, 0.2) is 30.3 Å². The van der Waals surface area contributed by atoms with E-state index in [9.17, 15) is 248 Å². The van der Waals surface area contributed by atoms with Crippen molar-refractivity contribution in [3.8, 4) is 23.0 Å². The van der Waals surface area contributed by atoms with Gasteiger partial charge in [-0.1, -0.05) is 0 Å². The highest BCUT2D eigenvalue weighted by atomic mass is 19.5. The van der Waals surface area contributed by atoms with Gasteiger partial charge in [-0.05, 0) is 57.7 Å². The highest BCUT2D eigenvalue weighted by molar-refractivity contribution is 5.99. The first kappa shape index (κ1) is 104. The largest absolute Gasteiger partial charge is 0.490 e. The van der Waals surface area contributed by atoms with Gasteiger partial charge in [0.25, 0.3) is 5.69 Å². The van der Waals surface area contributed by atoms with Crippen molar-refractivity contribution in [3.63, 3.8) is 0 Å². The van der Waals surface area contributed by atoms with Crippen molar-refractivity contribution < 1.29 is 262 Å². The fraction of sp³-hybridized carbons (Fsp3) is 0.731. The van der Waals surface area contributed by atoms with Crippen molar-refractivity contribution in [1.82, 2.24) is 0 Å². The van der Waals surface area contributed by atoms with Crippen molar-refractivity contribution in [2.75, 3.05) is 26.4 Å². The van der Waals surface area contributed by atoms with Gasteiger partial charge in [0, 0.05) is 37.3 Å². The standard InChI is InChI=1S/C26H17F26NO5.C26H18F26O3/c1-10(54)11-8-13(57-6-2-4-15(27,28)17(31,32)19(35,36)21(39,40)23(43,44)25(47,48)49)14(9-12(11)53(55)56)58-7-3-5-16(29,30)18(33,34)20(37,38)22(41,42)24(45,46)26(50,51)52;1-11(53)12-4-5-13(54-8-2-6-15(27,28)17(31,32)19(35,36)21(39,40)23(43,44)25(47,48)49)14(10-12)55-9-3-7-16(29,30)18(33,34)20(37,38)22(41,42)24(45,46)26(50,51)52/h8-9H,2-7H2,1H3;4-5,10H,2-3,6-9H2,1H3. The minimum atomic E-state index is -8.25. The second-order valence-electron chi connectivity index (χ2n) is 22.7. The molecule has 0 atom stereocenters. The molecule has 660 valence electrons. The molecule has 0 radical (unpaired) electrons. The molecular weight excluding hydrogens is 1750 g/mol. The highest BCUT2D eigenvalue weighted by Crippen LogP contribution is 2.66. The normalized spacial score (nSPS) is 15.2. The number of nitro groups is 1. The van der Waals surface area contributed by atoms with Crippen LogP contribution in [0.25, 0.3) is 0 Å². The monoisotopic (exact) mass is 1790 g/mol. The smallest absolute Gasteiger partial charge is 0.460 e. The first-order valence-corrected chi connectivity index (χ1v) is 28.1. The lowest BCUT2D eigenvalue weighted by Crippen LogP contribution is -2.70. The maximum absolute atomic E-state index is 14.1. The SMILES string of the molecule is CC(=O)c1cc(OCCCC(F)(F)C(F)(F)C(F)(F)C(F)(F)C(F)(F)C(F)(F)F)c(OCCCC(F)(F)C(F)(F)C(F)(F)C(F)(F)C(F)(F)C(F)(F)F)cc1[N+](=O)[O-].CC(=O)c1ccc(OCCCC(F)(F)C(F)(F)C(F)(F)C(F)(F)C(F)(F)C(F)(F)F)c(OCCCC(F)(F)C(F)(F)C(F)(F)C(F)(F)C(F)(F)C(F)(F)F)c1. The number of alkyl halides is 52. The molecule has 0 N–H and O–H groups in total. The third-order valence-corrected chi connectivity index (χ3v) is 14.6. The van der Waals surface area contributed by atoms with E-state index in [0.29, 0.717) is 19.1 Å². The first-order valence-electron chi connectivity index (χ1n) is 28.1. The van der Waals surface area contributed by atoms with Gasteiger partial charge in [-0.25, -0.2) is 0 Å².